The summed E-state index contributed by atoms with van der Waals surface area (Å²) in [5.41, 5.74) is 6.19. The Morgan fingerprint density at radius 1 is 1.50 bits per heavy atom. The lowest BCUT2D eigenvalue weighted by Gasteiger charge is -2.10. The number of anilines is 1. The van der Waals surface area contributed by atoms with Crippen LogP contribution in [0.1, 0.15) is 6.92 Å². The summed E-state index contributed by atoms with van der Waals surface area (Å²) in [5, 5.41) is 9.00. The molecule has 0 saturated heterocycles. The molecule has 0 aromatic heterocycles. The minimum Gasteiger partial charge on any atom is -0.495 e. The SMILES string of the molecule is COc1ccc(OCC(C)O)cc1N. The maximum atomic E-state index is 9.00. The first kappa shape index (κ1) is 10.7. The Bertz CT molecular complexity index is 299. The van der Waals surface area contributed by atoms with Gasteiger partial charge < -0.3 is 20.3 Å². The summed E-state index contributed by atoms with van der Waals surface area (Å²) in [6, 6.07) is 5.14. The van der Waals surface area contributed by atoms with Crippen molar-refractivity contribution < 1.29 is 14.6 Å². The van der Waals surface area contributed by atoms with Crippen LogP contribution < -0.4 is 15.2 Å². The molecule has 0 radical (unpaired) electrons. The average molecular weight is 197 g/mol. The van der Waals surface area contributed by atoms with E-state index in [1.807, 2.05) is 0 Å². The van der Waals surface area contributed by atoms with Crippen LogP contribution in [0.25, 0.3) is 0 Å². The molecule has 0 heterocycles. The van der Waals surface area contributed by atoms with E-state index in [4.69, 9.17) is 20.3 Å². The normalized spacial score (nSPS) is 12.2. The van der Waals surface area contributed by atoms with Gasteiger partial charge in [-0.15, -0.1) is 0 Å². The predicted octanol–water partition coefficient (Wildman–Crippen LogP) is 1.04. The zero-order chi connectivity index (χ0) is 10.6. The Labute approximate surface area is 83.3 Å². The number of ether oxygens (including phenoxy) is 2. The molecular formula is C10H15NO3. The number of aliphatic hydroxyl groups is 1. The summed E-state index contributed by atoms with van der Waals surface area (Å²) >= 11 is 0. The van der Waals surface area contributed by atoms with E-state index in [0.717, 1.165) is 0 Å². The number of hydrogen-bond donors (Lipinski definition) is 2. The van der Waals surface area contributed by atoms with Gasteiger partial charge in [0, 0.05) is 6.07 Å². The van der Waals surface area contributed by atoms with Crippen molar-refractivity contribution in [2.24, 2.45) is 0 Å². The van der Waals surface area contributed by atoms with Crippen LogP contribution in [0, 0.1) is 0 Å². The van der Waals surface area contributed by atoms with Gasteiger partial charge in [-0.1, -0.05) is 0 Å². The zero-order valence-electron chi connectivity index (χ0n) is 8.36. The van der Waals surface area contributed by atoms with Crippen LogP contribution in [-0.4, -0.2) is 24.9 Å². The van der Waals surface area contributed by atoms with E-state index < -0.39 is 6.10 Å². The van der Waals surface area contributed by atoms with Gasteiger partial charge in [-0.2, -0.15) is 0 Å². The summed E-state index contributed by atoms with van der Waals surface area (Å²) in [4.78, 5) is 0. The van der Waals surface area contributed by atoms with Crippen LogP contribution in [0.5, 0.6) is 11.5 Å². The Balaban J connectivity index is 2.66. The largest absolute Gasteiger partial charge is 0.495 e. The molecular weight excluding hydrogens is 182 g/mol. The van der Waals surface area contributed by atoms with Gasteiger partial charge in [0.2, 0.25) is 0 Å². The molecule has 0 fully saturated rings. The highest BCUT2D eigenvalue weighted by molar-refractivity contribution is 5.56. The van der Waals surface area contributed by atoms with Crippen LogP contribution in [0.15, 0.2) is 18.2 Å². The van der Waals surface area contributed by atoms with Crippen LogP contribution >= 0.6 is 0 Å². The minimum absolute atomic E-state index is 0.256. The van der Waals surface area contributed by atoms with E-state index in [2.05, 4.69) is 0 Å². The van der Waals surface area contributed by atoms with Gasteiger partial charge in [-0.05, 0) is 19.1 Å². The lowest BCUT2D eigenvalue weighted by molar-refractivity contribution is 0.123. The summed E-state index contributed by atoms with van der Waals surface area (Å²) in [5.74, 6) is 1.25. The lowest BCUT2D eigenvalue weighted by Crippen LogP contribution is -2.12. The van der Waals surface area contributed by atoms with E-state index in [1.165, 1.54) is 0 Å². The van der Waals surface area contributed by atoms with Crippen LogP contribution in [-0.2, 0) is 0 Å². The highest BCUT2D eigenvalue weighted by Crippen LogP contribution is 2.25. The number of hydrogen-bond acceptors (Lipinski definition) is 4. The van der Waals surface area contributed by atoms with Gasteiger partial charge in [0.1, 0.15) is 18.1 Å². The monoisotopic (exact) mass is 197 g/mol. The number of methoxy groups -OCH3 is 1. The molecule has 0 aliphatic carbocycles. The molecule has 14 heavy (non-hydrogen) atoms. The number of nitrogen functional groups attached to an aromatic ring is 1. The molecule has 3 N–H and O–H groups in total. The second kappa shape index (κ2) is 4.72. The fraction of sp³-hybridized carbons (Fsp3) is 0.400. The van der Waals surface area contributed by atoms with E-state index in [-0.39, 0.29) is 6.61 Å². The van der Waals surface area contributed by atoms with E-state index in [1.54, 1.807) is 32.2 Å². The van der Waals surface area contributed by atoms with Crippen LogP contribution in [0.3, 0.4) is 0 Å². The Hall–Kier alpha value is -1.42. The second-order valence-corrected chi connectivity index (χ2v) is 3.06. The number of benzene rings is 1. The molecule has 0 bridgehead atoms. The molecule has 0 saturated carbocycles. The van der Waals surface area contributed by atoms with Crippen molar-refractivity contribution in [3.05, 3.63) is 18.2 Å². The lowest BCUT2D eigenvalue weighted by atomic mass is 10.3. The van der Waals surface area contributed by atoms with Gasteiger partial charge in [-0.25, -0.2) is 0 Å². The number of nitrogens with two attached hydrogens (primary N) is 1. The molecule has 0 spiro atoms. The minimum atomic E-state index is -0.488. The first-order chi connectivity index (χ1) is 6.63. The highest BCUT2D eigenvalue weighted by atomic mass is 16.5. The van der Waals surface area contributed by atoms with Crippen molar-refractivity contribution in [1.82, 2.24) is 0 Å². The molecule has 0 aliphatic heterocycles. The molecule has 1 atom stereocenters. The maximum absolute atomic E-state index is 9.00. The van der Waals surface area contributed by atoms with E-state index >= 15 is 0 Å². The Morgan fingerprint density at radius 3 is 2.71 bits per heavy atom. The van der Waals surface area contributed by atoms with Crippen molar-refractivity contribution >= 4 is 5.69 Å². The van der Waals surface area contributed by atoms with Gasteiger partial charge in [-0.3, -0.25) is 0 Å². The fourth-order valence-corrected chi connectivity index (χ4v) is 1.02. The summed E-state index contributed by atoms with van der Waals surface area (Å²) < 4.78 is 10.3. The molecule has 1 unspecified atom stereocenters. The molecule has 4 nitrogen and oxygen atoms in total. The molecule has 4 heteroatoms. The van der Waals surface area contributed by atoms with E-state index in [9.17, 15) is 0 Å². The number of rotatable bonds is 4. The molecule has 0 amide bonds. The van der Waals surface area contributed by atoms with Crippen molar-refractivity contribution in [1.29, 1.82) is 0 Å². The standard InChI is InChI=1S/C10H15NO3/c1-7(12)6-14-8-3-4-10(13-2)9(11)5-8/h3-5,7,12H,6,11H2,1-2H3. The van der Waals surface area contributed by atoms with Crippen molar-refractivity contribution in [3.8, 4) is 11.5 Å². The first-order valence-corrected chi connectivity index (χ1v) is 4.38. The summed E-state index contributed by atoms with van der Waals surface area (Å²) in [7, 11) is 1.56. The topological polar surface area (TPSA) is 64.7 Å². The molecule has 1 aromatic carbocycles. The quantitative estimate of drug-likeness (QED) is 0.708. The van der Waals surface area contributed by atoms with Gasteiger partial charge in [0.15, 0.2) is 0 Å². The van der Waals surface area contributed by atoms with Gasteiger partial charge in [0.25, 0.3) is 0 Å². The zero-order valence-corrected chi connectivity index (χ0v) is 8.36. The van der Waals surface area contributed by atoms with Crippen molar-refractivity contribution in [3.63, 3.8) is 0 Å². The van der Waals surface area contributed by atoms with Crippen LogP contribution in [0.2, 0.25) is 0 Å². The van der Waals surface area contributed by atoms with E-state index in [0.29, 0.717) is 17.2 Å². The second-order valence-electron chi connectivity index (χ2n) is 3.06. The highest BCUT2D eigenvalue weighted by Gasteiger charge is 2.02. The third-order valence-corrected chi connectivity index (χ3v) is 1.69. The molecule has 78 valence electrons. The maximum Gasteiger partial charge on any atom is 0.142 e. The Kier molecular flexibility index (Phi) is 3.59. The number of aliphatic hydroxyl groups excluding tert-OH is 1. The third kappa shape index (κ3) is 2.81. The molecule has 1 aromatic rings. The van der Waals surface area contributed by atoms with Gasteiger partial charge >= 0.3 is 0 Å². The predicted molar refractivity (Wildman–Crippen MR) is 54.6 cm³/mol. The fourth-order valence-electron chi connectivity index (χ4n) is 1.02. The van der Waals surface area contributed by atoms with Crippen LogP contribution in [0.4, 0.5) is 5.69 Å². The first-order valence-electron chi connectivity index (χ1n) is 4.38. The van der Waals surface area contributed by atoms with Gasteiger partial charge in [0.05, 0.1) is 18.9 Å². The van der Waals surface area contributed by atoms with Crippen molar-refractivity contribution in [2.45, 2.75) is 13.0 Å². The Morgan fingerprint density at radius 2 is 2.21 bits per heavy atom. The summed E-state index contributed by atoms with van der Waals surface area (Å²) in [6.45, 7) is 1.92. The average Bonchev–Trinajstić information content (AvgIpc) is 2.15. The smallest absolute Gasteiger partial charge is 0.142 e. The third-order valence-electron chi connectivity index (χ3n) is 1.69. The summed E-state index contributed by atoms with van der Waals surface area (Å²) in [6.07, 6.45) is -0.488. The van der Waals surface area contributed by atoms with Crippen molar-refractivity contribution in [2.75, 3.05) is 19.5 Å². The molecule has 1 rings (SSSR count). The molecule has 0 aliphatic rings.